The zero-order valence-electron chi connectivity index (χ0n) is 14.3. The number of fused-ring (bicyclic) bond motifs is 1. The molecular formula is C20H14Cl2N2O3. The molecule has 0 bridgehead atoms. The van der Waals surface area contributed by atoms with Gasteiger partial charge in [0.25, 0.3) is 5.91 Å². The summed E-state index contributed by atoms with van der Waals surface area (Å²) < 4.78 is 11.0. The Hall–Kier alpha value is -2.76. The third kappa shape index (κ3) is 3.56. The van der Waals surface area contributed by atoms with Crippen LogP contribution in [-0.2, 0) is 6.54 Å². The molecule has 2 heterocycles. The van der Waals surface area contributed by atoms with Gasteiger partial charge in [0.05, 0.1) is 6.54 Å². The van der Waals surface area contributed by atoms with E-state index in [1.54, 1.807) is 36.4 Å². The average Bonchev–Trinajstić information content (AvgIpc) is 3.26. The van der Waals surface area contributed by atoms with Gasteiger partial charge in [0, 0.05) is 32.6 Å². The number of nitrogens with one attached hydrogen (secondary N) is 1. The molecule has 1 N–H and O–H groups in total. The van der Waals surface area contributed by atoms with Gasteiger partial charge in [-0.3, -0.25) is 4.79 Å². The number of aromatic nitrogens is 1. The largest absolute Gasteiger partial charge is 0.451 e. The summed E-state index contributed by atoms with van der Waals surface area (Å²) in [7, 11) is 0. The van der Waals surface area contributed by atoms with Crippen molar-refractivity contribution in [3.63, 3.8) is 0 Å². The normalized spacial score (nSPS) is 11.1. The third-order valence-electron chi connectivity index (χ3n) is 4.23. The highest BCUT2D eigenvalue weighted by molar-refractivity contribution is 6.31. The van der Waals surface area contributed by atoms with Gasteiger partial charge in [0.2, 0.25) is 0 Å². The van der Waals surface area contributed by atoms with Crippen molar-refractivity contribution in [2.75, 3.05) is 0 Å². The van der Waals surface area contributed by atoms with Crippen LogP contribution < -0.4 is 5.32 Å². The smallest absolute Gasteiger partial charge is 0.287 e. The number of carbonyl (C=O) groups is 1. The number of hydrogen-bond donors (Lipinski definition) is 1. The monoisotopic (exact) mass is 400 g/mol. The van der Waals surface area contributed by atoms with Crippen molar-refractivity contribution >= 4 is 40.1 Å². The highest BCUT2D eigenvalue weighted by atomic mass is 35.5. The SMILES string of the molecule is Cc1c(C(=O)NCc2cc(-c3ccc(Cl)cc3)no2)oc2ccc(Cl)cc12. The summed E-state index contributed by atoms with van der Waals surface area (Å²) in [5, 5.41) is 8.87. The number of amides is 1. The number of carbonyl (C=O) groups excluding carboxylic acids is 1. The Morgan fingerprint density at radius 1 is 1.07 bits per heavy atom. The van der Waals surface area contributed by atoms with E-state index in [0.29, 0.717) is 27.1 Å². The van der Waals surface area contributed by atoms with E-state index in [0.717, 1.165) is 16.5 Å². The number of rotatable bonds is 4. The zero-order valence-corrected chi connectivity index (χ0v) is 15.8. The first-order valence-electron chi connectivity index (χ1n) is 8.19. The van der Waals surface area contributed by atoms with Crippen LogP contribution in [0.15, 0.2) is 57.5 Å². The molecular weight excluding hydrogens is 387 g/mol. The van der Waals surface area contributed by atoms with Crippen molar-refractivity contribution in [2.24, 2.45) is 0 Å². The second kappa shape index (κ2) is 7.10. The lowest BCUT2D eigenvalue weighted by Crippen LogP contribution is -2.22. The fourth-order valence-corrected chi connectivity index (χ4v) is 3.11. The second-order valence-electron chi connectivity index (χ2n) is 6.06. The molecule has 5 nitrogen and oxygen atoms in total. The van der Waals surface area contributed by atoms with Gasteiger partial charge in [-0.1, -0.05) is 40.5 Å². The lowest BCUT2D eigenvalue weighted by atomic mass is 10.1. The molecule has 2 aromatic carbocycles. The van der Waals surface area contributed by atoms with Crippen LogP contribution in [0.4, 0.5) is 0 Å². The number of halogens is 2. The van der Waals surface area contributed by atoms with E-state index in [-0.39, 0.29) is 18.2 Å². The van der Waals surface area contributed by atoms with E-state index in [2.05, 4.69) is 10.5 Å². The molecule has 0 atom stereocenters. The summed E-state index contributed by atoms with van der Waals surface area (Å²) in [4.78, 5) is 12.5. The molecule has 0 unspecified atom stereocenters. The fraction of sp³-hybridized carbons (Fsp3) is 0.100. The van der Waals surface area contributed by atoms with Crippen LogP contribution in [0.25, 0.3) is 22.2 Å². The Balaban J connectivity index is 1.48. The Morgan fingerprint density at radius 2 is 1.81 bits per heavy atom. The van der Waals surface area contributed by atoms with Crippen LogP contribution in [0.5, 0.6) is 0 Å². The number of furan rings is 1. The molecule has 0 radical (unpaired) electrons. The minimum absolute atomic E-state index is 0.191. The number of nitrogens with zero attached hydrogens (tertiary/aromatic N) is 1. The fourth-order valence-electron chi connectivity index (χ4n) is 2.81. The average molecular weight is 401 g/mol. The van der Waals surface area contributed by atoms with Gasteiger partial charge < -0.3 is 14.3 Å². The molecule has 0 spiro atoms. The summed E-state index contributed by atoms with van der Waals surface area (Å²) in [6.45, 7) is 2.01. The summed E-state index contributed by atoms with van der Waals surface area (Å²) in [6.07, 6.45) is 0. The molecule has 27 heavy (non-hydrogen) atoms. The molecule has 2 aromatic heterocycles. The molecule has 136 valence electrons. The summed E-state index contributed by atoms with van der Waals surface area (Å²) in [5.74, 6) is 0.457. The standard InChI is InChI=1S/C20H14Cl2N2O3/c1-11-16-8-14(22)6-7-18(16)26-19(11)20(25)23-10-15-9-17(24-27-15)12-2-4-13(21)5-3-12/h2-9H,10H2,1H3,(H,23,25). The summed E-state index contributed by atoms with van der Waals surface area (Å²) in [6, 6.07) is 14.3. The topological polar surface area (TPSA) is 68.3 Å². The molecule has 0 aliphatic rings. The minimum Gasteiger partial charge on any atom is -0.451 e. The maximum absolute atomic E-state index is 12.5. The van der Waals surface area contributed by atoms with Gasteiger partial charge in [-0.05, 0) is 37.3 Å². The van der Waals surface area contributed by atoms with Crippen LogP contribution in [0, 0.1) is 6.92 Å². The number of aryl methyl sites for hydroxylation is 1. The maximum atomic E-state index is 12.5. The molecule has 0 aliphatic heterocycles. The quantitative estimate of drug-likeness (QED) is 0.481. The van der Waals surface area contributed by atoms with Gasteiger partial charge in [-0.25, -0.2) is 0 Å². The van der Waals surface area contributed by atoms with E-state index in [9.17, 15) is 4.79 Å². The minimum atomic E-state index is -0.329. The highest BCUT2D eigenvalue weighted by Crippen LogP contribution is 2.28. The molecule has 0 saturated carbocycles. The predicted molar refractivity (Wildman–Crippen MR) is 104 cm³/mol. The van der Waals surface area contributed by atoms with E-state index >= 15 is 0 Å². The van der Waals surface area contributed by atoms with E-state index in [4.69, 9.17) is 32.1 Å². The Morgan fingerprint density at radius 3 is 2.59 bits per heavy atom. The number of hydrogen-bond acceptors (Lipinski definition) is 4. The van der Waals surface area contributed by atoms with Gasteiger partial charge in [-0.2, -0.15) is 0 Å². The molecule has 1 amide bonds. The Bertz CT molecular complexity index is 1130. The van der Waals surface area contributed by atoms with Gasteiger partial charge in [0.15, 0.2) is 11.5 Å². The Labute approximate surface area is 164 Å². The second-order valence-corrected chi connectivity index (χ2v) is 6.94. The van der Waals surface area contributed by atoms with Crippen LogP contribution >= 0.6 is 23.2 Å². The van der Waals surface area contributed by atoms with Crippen LogP contribution in [0.2, 0.25) is 10.0 Å². The third-order valence-corrected chi connectivity index (χ3v) is 4.71. The molecule has 0 fully saturated rings. The van der Waals surface area contributed by atoms with Gasteiger partial charge in [0.1, 0.15) is 11.3 Å². The predicted octanol–water partition coefficient (Wildman–Crippen LogP) is 5.63. The first-order chi connectivity index (χ1) is 13.0. The van der Waals surface area contributed by atoms with Crippen molar-refractivity contribution in [3.8, 4) is 11.3 Å². The first kappa shape index (κ1) is 17.6. The van der Waals surface area contributed by atoms with Gasteiger partial charge in [-0.15, -0.1) is 0 Å². The molecule has 4 aromatic rings. The van der Waals surface area contributed by atoms with Gasteiger partial charge >= 0.3 is 0 Å². The zero-order chi connectivity index (χ0) is 19.0. The lowest BCUT2D eigenvalue weighted by Gasteiger charge is -2.00. The summed E-state index contributed by atoms with van der Waals surface area (Å²) in [5.41, 5.74) is 2.91. The van der Waals surface area contributed by atoms with Crippen LogP contribution in [0.1, 0.15) is 21.9 Å². The van der Waals surface area contributed by atoms with Crippen molar-refractivity contribution in [3.05, 3.63) is 75.7 Å². The maximum Gasteiger partial charge on any atom is 0.287 e. The lowest BCUT2D eigenvalue weighted by molar-refractivity contribution is 0.0920. The number of benzene rings is 2. The Kier molecular flexibility index (Phi) is 4.64. The van der Waals surface area contributed by atoms with Crippen molar-refractivity contribution in [1.29, 1.82) is 0 Å². The summed E-state index contributed by atoms with van der Waals surface area (Å²) >= 11 is 11.9. The van der Waals surface area contributed by atoms with Crippen LogP contribution in [0.3, 0.4) is 0 Å². The molecule has 4 rings (SSSR count). The van der Waals surface area contributed by atoms with E-state index in [1.807, 2.05) is 19.1 Å². The van der Waals surface area contributed by atoms with Crippen molar-refractivity contribution < 1.29 is 13.7 Å². The molecule has 0 aliphatic carbocycles. The molecule has 0 saturated heterocycles. The van der Waals surface area contributed by atoms with E-state index in [1.165, 1.54) is 0 Å². The van der Waals surface area contributed by atoms with Crippen LogP contribution in [-0.4, -0.2) is 11.1 Å². The van der Waals surface area contributed by atoms with Crippen molar-refractivity contribution in [1.82, 2.24) is 10.5 Å². The highest BCUT2D eigenvalue weighted by Gasteiger charge is 2.18. The molecule has 7 heteroatoms. The first-order valence-corrected chi connectivity index (χ1v) is 8.95. The van der Waals surface area contributed by atoms with Crippen molar-refractivity contribution in [2.45, 2.75) is 13.5 Å². The van der Waals surface area contributed by atoms with E-state index < -0.39 is 0 Å².